The van der Waals surface area contributed by atoms with Crippen molar-refractivity contribution in [3.05, 3.63) is 34.5 Å². The molecule has 18 heavy (non-hydrogen) atoms. The first-order valence-electron chi connectivity index (χ1n) is 6.31. The molecule has 1 aliphatic heterocycles. The molecule has 1 aromatic heterocycles. The number of hydrogen-bond donors (Lipinski definition) is 0. The average Bonchev–Trinajstić information content (AvgIpc) is 3.10. The molecule has 3 aliphatic rings. The topological polar surface area (TPSA) is 37.4 Å². The van der Waals surface area contributed by atoms with E-state index in [0.29, 0.717) is 18.4 Å². The van der Waals surface area contributed by atoms with Gasteiger partial charge in [0.15, 0.2) is 0 Å². The van der Waals surface area contributed by atoms with Crippen LogP contribution in [-0.4, -0.2) is 16.7 Å². The van der Waals surface area contributed by atoms with Gasteiger partial charge < -0.3 is 0 Å². The van der Waals surface area contributed by atoms with E-state index in [2.05, 4.69) is 12.2 Å². The molecule has 4 atom stereocenters. The van der Waals surface area contributed by atoms with E-state index < -0.39 is 0 Å². The van der Waals surface area contributed by atoms with Crippen LogP contribution in [-0.2, 0) is 16.1 Å². The predicted molar refractivity (Wildman–Crippen MR) is 67.6 cm³/mol. The van der Waals surface area contributed by atoms with E-state index in [4.69, 9.17) is 0 Å². The normalized spacial score (nSPS) is 36.8. The fourth-order valence-electron chi connectivity index (χ4n) is 3.68. The third kappa shape index (κ3) is 1.24. The standard InChI is InChI=1S/C14H13NO2S/c16-13-11-8-3-4-9(6-8)12(11)14(17)15(13)7-10-2-1-5-18-10/h1-5,8-9,11-12H,6-7H2. The Morgan fingerprint density at radius 2 is 1.83 bits per heavy atom. The molecule has 0 aromatic carbocycles. The third-order valence-corrected chi connectivity index (χ3v) is 5.32. The highest BCUT2D eigenvalue weighted by Gasteiger charge is 2.59. The van der Waals surface area contributed by atoms with Crippen molar-refractivity contribution in [3.8, 4) is 0 Å². The zero-order valence-corrected chi connectivity index (χ0v) is 10.6. The number of fused-ring (bicyclic) bond motifs is 5. The molecular formula is C14H13NO2S. The molecule has 4 unspecified atom stereocenters. The lowest BCUT2D eigenvalue weighted by Gasteiger charge is -2.16. The minimum absolute atomic E-state index is 0.0512. The van der Waals surface area contributed by atoms with E-state index in [0.717, 1.165) is 11.3 Å². The Bertz CT molecular complexity index is 518. The van der Waals surface area contributed by atoms with Gasteiger partial charge in [0.25, 0.3) is 0 Å². The molecule has 1 saturated heterocycles. The second-order valence-corrected chi connectivity index (χ2v) is 6.37. The second-order valence-electron chi connectivity index (χ2n) is 5.34. The molecule has 0 N–H and O–H groups in total. The van der Waals surface area contributed by atoms with Crippen LogP contribution < -0.4 is 0 Å². The van der Waals surface area contributed by atoms with Crippen molar-refractivity contribution in [2.45, 2.75) is 13.0 Å². The molecule has 2 bridgehead atoms. The summed E-state index contributed by atoms with van der Waals surface area (Å²) in [4.78, 5) is 27.3. The van der Waals surface area contributed by atoms with E-state index in [1.807, 2.05) is 17.5 Å². The molecule has 2 amide bonds. The minimum Gasteiger partial charge on any atom is -0.277 e. The Morgan fingerprint density at radius 3 is 2.39 bits per heavy atom. The van der Waals surface area contributed by atoms with Crippen molar-refractivity contribution >= 4 is 23.2 Å². The Labute approximate surface area is 109 Å². The van der Waals surface area contributed by atoms with Gasteiger partial charge in [-0.25, -0.2) is 0 Å². The number of thiophene rings is 1. The van der Waals surface area contributed by atoms with E-state index in [1.54, 1.807) is 11.3 Å². The lowest BCUT2D eigenvalue weighted by molar-refractivity contribution is -0.141. The maximum atomic E-state index is 12.4. The number of nitrogens with zero attached hydrogens (tertiary/aromatic N) is 1. The van der Waals surface area contributed by atoms with E-state index in [9.17, 15) is 9.59 Å². The van der Waals surface area contributed by atoms with Crippen LogP contribution in [0.15, 0.2) is 29.7 Å². The Morgan fingerprint density at radius 1 is 1.17 bits per heavy atom. The van der Waals surface area contributed by atoms with E-state index in [1.165, 1.54) is 4.90 Å². The fraction of sp³-hybridized carbons (Fsp3) is 0.429. The SMILES string of the molecule is O=C1C2C3C=CC(C3)C2C(=O)N1Cc1cccs1. The van der Waals surface area contributed by atoms with Crippen molar-refractivity contribution in [1.29, 1.82) is 0 Å². The third-order valence-electron chi connectivity index (χ3n) is 4.46. The number of amides is 2. The predicted octanol–water partition coefficient (Wildman–Crippen LogP) is 2.06. The van der Waals surface area contributed by atoms with Gasteiger partial charge in [-0.15, -0.1) is 11.3 Å². The first-order chi connectivity index (χ1) is 8.75. The maximum Gasteiger partial charge on any atom is 0.234 e. The lowest BCUT2D eigenvalue weighted by Crippen LogP contribution is -2.32. The average molecular weight is 259 g/mol. The molecule has 1 aromatic rings. The highest BCUT2D eigenvalue weighted by atomic mass is 32.1. The molecular weight excluding hydrogens is 246 g/mol. The van der Waals surface area contributed by atoms with Gasteiger partial charge in [-0.05, 0) is 29.7 Å². The molecule has 0 spiro atoms. The van der Waals surface area contributed by atoms with Gasteiger partial charge in [0.05, 0.1) is 18.4 Å². The summed E-state index contributed by atoms with van der Waals surface area (Å²) in [6.07, 6.45) is 5.26. The number of rotatable bonds is 2. The van der Waals surface area contributed by atoms with Gasteiger partial charge in [0.1, 0.15) is 0 Å². The van der Waals surface area contributed by atoms with Crippen molar-refractivity contribution in [1.82, 2.24) is 4.90 Å². The molecule has 92 valence electrons. The van der Waals surface area contributed by atoms with Crippen LogP contribution in [0, 0.1) is 23.7 Å². The molecule has 4 rings (SSSR count). The van der Waals surface area contributed by atoms with Gasteiger partial charge in [-0.3, -0.25) is 14.5 Å². The fourth-order valence-corrected chi connectivity index (χ4v) is 4.37. The van der Waals surface area contributed by atoms with Crippen LogP contribution in [0.25, 0.3) is 0 Å². The summed E-state index contributed by atoms with van der Waals surface area (Å²) in [6.45, 7) is 0.460. The van der Waals surface area contributed by atoms with Crippen LogP contribution in [0.5, 0.6) is 0 Å². The lowest BCUT2D eigenvalue weighted by atomic mass is 9.85. The zero-order valence-electron chi connectivity index (χ0n) is 9.78. The van der Waals surface area contributed by atoms with Gasteiger partial charge in [-0.2, -0.15) is 0 Å². The summed E-state index contributed by atoms with van der Waals surface area (Å²) in [5, 5.41) is 1.98. The zero-order chi connectivity index (χ0) is 12.3. The Hall–Kier alpha value is -1.42. The number of hydrogen-bond acceptors (Lipinski definition) is 3. The molecule has 4 heteroatoms. The van der Waals surface area contributed by atoms with Crippen LogP contribution >= 0.6 is 11.3 Å². The smallest absolute Gasteiger partial charge is 0.234 e. The highest BCUT2D eigenvalue weighted by molar-refractivity contribution is 7.09. The Balaban J connectivity index is 1.64. The number of carbonyl (C=O) groups excluding carboxylic acids is 2. The molecule has 2 fully saturated rings. The van der Waals surface area contributed by atoms with Gasteiger partial charge >= 0.3 is 0 Å². The van der Waals surface area contributed by atoms with Crippen molar-refractivity contribution in [2.24, 2.45) is 23.7 Å². The number of carbonyl (C=O) groups is 2. The first kappa shape index (κ1) is 10.5. The first-order valence-corrected chi connectivity index (χ1v) is 7.19. The summed E-state index contributed by atoms with van der Waals surface area (Å²) < 4.78 is 0. The quantitative estimate of drug-likeness (QED) is 0.602. The summed E-state index contributed by atoms with van der Waals surface area (Å²) in [7, 11) is 0. The highest BCUT2D eigenvalue weighted by Crippen LogP contribution is 2.52. The molecule has 2 aliphatic carbocycles. The minimum atomic E-state index is -0.0625. The van der Waals surface area contributed by atoms with Gasteiger partial charge in [0, 0.05) is 4.88 Å². The van der Waals surface area contributed by atoms with Crippen molar-refractivity contribution < 1.29 is 9.59 Å². The summed E-state index contributed by atoms with van der Waals surface area (Å²) in [6, 6.07) is 3.93. The molecule has 0 radical (unpaired) electrons. The number of imide groups is 1. The van der Waals surface area contributed by atoms with Crippen molar-refractivity contribution in [3.63, 3.8) is 0 Å². The van der Waals surface area contributed by atoms with Crippen molar-refractivity contribution in [2.75, 3.05) is 0 Å². The van der Waals surface area contributed by atoms with E-state index >= 15 is 0 Å². The number of likely N-dealkylation sites (tertiary alicyclic amines) is 1. The summed E-state index contributed by atoms with van der Waals surface area (Å²) in [5.41, 5.74) is 0. The summed E-state index contributed by atoms with van der Waals surface area (Å²) >= 11 is 1.60. The van der Waals surface area contributed by atoms with Gasteiger partial charge in [0.2, 0.25) is 11.8 Å². The van der Waals surface area contributed by atoms with Gasteiger partial charge in [-0.1, -0.05) is 18.2 Å². The second kappa shape index (κ2) is 3.54. The maximum absolute atomic E-state index is 12.4. The van der Waals surface area contributed by atoms with Crippen LogP contribution in [0.2, 0.25) is 0 Å². The van der Waals surface area contributed by atoms with E-state index in [-0.39, 0.29) is 23.7 Å². The number of allylic oxidation sites excluding steroid dienone is 2. The molecule has 2 heterocycles. The van der Waals surface area contributed by atoms with Crippen LogP contribution in [0.1, 0.15) is 11.3 Å². The largest absolute Gasteiger partial charge is 0.277 e. The Kier molecular flexibility index (Phi) is 2.07. The van der Waals surface area contributed by atoms with Crippen LogP contribution in [0.4, 0.5) is 0 Å². The molecule has 1 saturated carbocycles. The monoisotopic (exact) mass is 259 g/mol. The summed E-state index contributed by atoms with van der Waals surface area (Å²) in [5.74, 6) is 0.597. The van der Waals surface area contributed by atoms with Crippen LogP contribution in [0.3, 0.4) is 0 Å². The molecule has 3 nitrogen and oxygen atoms in total.